The van der Waals surface area contributed by atoms with Gasteiger partial charge >= 0.3 is 0 Å². The van der Waals surface area contributed by atoms with Crippen LogP contribution >= 0.6 is 15.9 Å². The maximum atomic E-state index is 6.27. The van der Waals surface area contributed by atoms with Gasteiger partial charge in [-0.3, -0.25) is 4.99 Å². The molecule has 5 aromatic carbocycles. The third-order valence-corrected chi connectivity index (χ3v) is 9.23. The first kappa shape index (κ1) is 27.5. The van der Waals surface area contributed by atoms with Crippen molar-refractivity contribution >= 4 is 44.3 Å². The number of nitrogens with zero attached hydrogens (tertiary/aromatic N) is 1. The van der Waals surface area contributed by atoms with E-state index in [1.54, 1.807) is 7.11 Å². The molecule has 1 aliphatic heterocycles. The van der Waals surface area contributed by atoms with Crippen molar-refractivity contribution in [2.45, 2.75) is 31.9 Å². The second kappa shape index (κ2) is 11.7. The summed E-state index contributed by atoms with van der Waals surface area (Å²) in [5.74, 6) is 2.32. The molecule has 5 aromatic rings. The van der Waals surface area contributed by atoms with E-state index in [0.717, 1.165) is 27.7 Å². The molecule has 7 rings (SSSR count). The first-order valence-corrected chi connectivity index (χ1v) is 15.5. The van der Waals surface area contributed by atoms with Gasteiger partial charge in [-0.1, -0.05) is 84.4 Å². The minimum Gasteiger partial charge on any atom is -0.493 e. The molecule has 214 valence electrons. The van der Waals surface area contributed by atoms with Crippen molar-refractivity contribution < 1.29 is 9.47 Å². The van der Waals surface area contributed by atoms with E-state index in [0.29, 0.717) is 29.9 Å². The first-order valence-electron chi connectivity index (χ1n) is 14.7. The number of aryl methyl sites for hydroxylation is 1. The Morgan fingerprint density at radius 1 is 0.953 bits per heavy atom. The van der Waals surface area contributed by atoms with Crippen LogP contribution in [0.5, 0.6) is 11.5 Å². The van der Waals surface area contributed by atoms with Gasteiger partial charge in [-0.2, -0.15) is 0 Å². The number of benzene rings is 5. The zero-order valence-corrected chi connectivity index (χ0v) is 25.8. The lowest BCUT2D eigenvalue weighted by Gasteiger charge is -2.37. The number of methoxy groups -OCH3 is 1. The van der Waals surface area contributed by atoms with Gasteiger partial charge in [-0.25, -0.2) is 0 Å². The highest BCUT2D eigenvalue weighted by atomic mass is 79.9. The lowest BCUT2D eigenvalue weighted by Crippen LogP contribution is -2.29. The van der Waals surface area contributed by atoms with Crippen LogP contribution in [0.1, 0.15) is 46.2 Å². The Kier molecular flexibility index (Phi) is 7.50. The van der Waals surface area contributed by atoms with Gasteiger partial charge in [0.2, 0.25) is 0 Å². The molecule has 0 spiro atoms. The Balaban J connectivity index is 1.07. The fourth-order valence-corrected chi connectivity index (χ4v) is 7.06. The Hall–Kier alpha value is -4.35. The number of aliphatic imine (C=N–C) groups is 1. The van der Waals surface area contributed by atoms with Gasteiger partial charge < -0.3 is 14.8 Å². The number of anilines is 1. The van der Waals surface area contributed by atoms with Crippen molar-refractivity contribution in [3.05, 3.63) is 142 Å². The minimum atomic E-state index is 0.273. The van der Waals surface area contributed by atoms with Crippen molar-refractivity contribution in [1.29, 1.82) is 0 Å². The fourth-order valence-electron chi connectivity index (χ4n) is 6.48. The Labute approximate surface area is 261 Å². The molecule has 3 atom stereocenters. The van der Waals surface area contributed by atoms with Gasteiger partial charge in [0.1, 0.15) is 6.61 Å². The van der Waals surface area contributed by atoms with Crippen LogP contribution in [0, 0.1) is 12.8 Å². The van der Waals surface area contributed by atoms with Crippen LogP contribution in [0.25, 0.3) is 10.8 Å². The third-order valence-electron chi connectivity index (χ3n) is 8.64. The van der Waals surface area contributed by atoms with E-state index in [4.69, 9.17) is 14.5 Å². The summed E-state index contributed by atoms with van der Waals surface area (Å²) >= 11 is 3.70. The maximum absolute atomic E-state index is 6.27. The van der Waals surface area contributed by atoms with E-state index in [1.807, 2.05) is 18.3 Å². The first-order chi connectivity index (χ1) is 21.1. The molecule has 0 bridgehead atoms. The number of nitrogens with one attached hydrogen (secondary N) is 1. The molecule has 0 fully saturated rings. The van der Waals surface area contributed by atoms with E-state index in [2.05, 4.69) is 125 Å². The van der Waals surface area contributed by atoms with Gasteiger partial charge in [0, 0.05) is 17.8 Å². The summed E-state index contributed by atoms with van der Waals surface area (Å²) < 4.78 is 12.8. The predicted octanol–water partition coefficient (Wildman–Crippen LogP) is 10.1. The molecule has 1 aliphatic carbocycles. The van der Waals surface area contributed by atoms with Crippen LogP contribution in [0.15, 0.2) is 119 Å². The lowest BCUT2D eigenvalue weighted by atomic mass is 9.76. The molecule has 0 aromatic heterocycles. The van der Waals surface area contributed by atoms with Crippen molar-refractivity contribution in [2.24, 2.45) is 10.9 Å². The van der Waals surface area contributed by atoms with Gasteiger partial charge in [0.25, 0.3) is 0 Å². The zero-order chi connectivity index (χ0) is 29.3. The van der Waals surface area contributed by atoms with E-state index in [1.165, 1.54) is 33.2 Å². The number of halogens is 1. The third kappa shape index (κ3) is 5.46. The van der Waals surface area contributed by atoms with Crippen molar-refractivity contribution in [3.8, 4) is 11.5 Å². The van der Waals surface area contributed by atoms with Crippen molar-refractivity contribution in [1.82, 2.24) is 0 Å². The molecule has 0 amide bonds. The molecule has 1 N–H and O–H groups in total. The largest absolute Gasteiger partial charge is 0.493 e. The van der Waals surface area contributed by atoms with E-state index < -0.39 is 0 Å². The highest BCUT2D eigenvalue weighted by Gasteiger charge is 2.37. The molecule has 5 heteroatoms. The summed E-state index contributed by atoms with van der Waals surface area (Å²) in [6.07, 6.45) is 7.69. The smallest absolute Gasteiger partial charge is 0.175 e. The normalized spacial score (nSPS) is 18.8. The highest BCUT2D eigenvalue weighted by Crippen LogP contribution is 2.50. The van der Waals surface area contributed by atoms with E-state index in [-0.39, 0.29) is 6.04 Å². The van der Waals surface area contributed by atoms with Gasteiger partial charge in [-0.05, 0) is 98.6 Å². The average Bonchev–Trinajstić information content (AvgIpc) is 3.54. The van der Waals surface area contributed by atoms with E-state index in [9.17, 15) is 0 Å². The lowest BCUT2D eigenvalue weighted by molar-refractivity contribution is 0.283. The van der Waals surface area contributed by atoms with E-state index >= 15 is 0 Å². The topological polar surface area (TPSA) is 42.8 Å². The molecular formula is C38H33BrN2O2. The van der Waals surface area contributed by atoms with Gasteiger partial charge in [0.05, 0.1) is 23.3 Å². The van der Waals surface area contributed by atoms with Gasteiger partial charge in [-0.15, -0.1) is 0 Å². The average molecular weight is 630 g/mol. The van der Waals surface area contributed by atoms with Crippen LogP contribution in [0.3, 0.4) is 0 Å². The molecule has 43 heavy (non-hydrogen) atoms. The highest BCUT2D eigenvalue weighted by molar-refractivity contribution is 9.10. The SMILES string of the molecule is COc1cc(C=Nc2ccc([C@@H]3Nc4ccc(C)cc4[C@H]4C=CC[C@@H]43)cc2)cc(Br)c1OCc1cccc2ccccc12. The molecular weight excluding hydrogens is 596 g/mol. The van der Waals surface area contributed by atoms with Crippen molar-refractivity contribution in [2.75, 3.05) is 12.4 Å². The monoisotopic (exact) mass is 628 g/mol. The number of hydrogen-bond donors (Lipinski definition) is 1. The summed E-state index contributed by atoms with van der Waals surface area (Å²) in [4.78, 5) is 4.77. The molecule has 2 aliphatic rings. The van der Waals surface area contributed by atoms with Crippen LogP contribution in [-0.2, 0) is 6.61 Å². The second-order valence-corrected chi connectivity index (χ2v) is 12.2. The number of fused-ring (bicyclic) bond motifs is 4. The Bertz CT molecular complexity index is 1860. The minimum absolute atomic E-state index is 0.273. The summed E-state index contributed by atoms with van der Waals surface area (Å²) in [6.45, 7) is 2.61. The summed E-state index contributed by atoms with van der Waals surface area (Å²) in [7, 11) is 1.66. The summed E-state index contributed by atoms with van der Waals surface area (Å²) in [6, 6.07) is 34.2. The van der Waals surface area contributed by atoms with Crippen LogP contribution in [0.2, 0.25) is 0 Å². The number of rotatable bonds is 7. The second-order valence-electron chi connectivity index (χ2n) is 11.4. The molecule has 1 heterocycles. The molecule has 0 saturated carbocycles. The maximum Gasteiger partial charge on any atom is 0.175 e. The summed E-state index contributed by atoms with van der Waals surface area (Å²) in [5, 5.41) is 6.22. The Morgan fingerprint density at radius 2 is 1.79 bits per heavy atom. The zero-order valence-electron chi connectivity index (χ0n) is 24.3. The predicted molar refractivity (Wildman–Crippen MR) is 180 cm³/mol. The quantitative estimate of drug-likeness (QED) is 0.144. The molecule has 0 unspecified atom stereocenters. The Morgan fingerprint density at radius 3 is 2.65 bits per heavy atom. The van der Waals surface area contributed by atoms with Crippen LogP contribution in [-0.4, -0.2) is 13.3 Å². The van der Waals surface area contributed by atoms with Crippen molar-refractivity contribution in [3.63, 3.8) is 0 Å². The molecule has 4 nitrogen and oxygen atoms in total. The molecule has 0 saturated heterocycles. The summed E-state index contributed by atoms with van der Waals surface area (Å²) in [5.41, 5.74) is 8.23. The number of hydrogen-bond acceptors (Lipinski definition) is 4. The molecule has 0 radical (unpaired) electrons. The van der Waals surface area contributed by atoms with Crippen LogP contribution in [0.4, 0.5) is 11.4 Å². The standard InChI is InChI=1S/C38H33BrN2O2/c1-24-13-18-35-33(19-24)31-11-6-12-32(31)37(41-35)27-14-16-29(17-15-27)40-22-25-20-34(39)38(36(21-25)42-2)43-23-28-9-5-8-26-7-3-4-10-30(26)28/h3-11,13-22,31-32,37,41H,12,23H2,1-2H3/t31-,32-,37-/m0/s1. The number of allylic oxidation sites excluding steroid dienone is 2. The van der Waals surface area contributed by atoms with Crippen LogP contribution < -0.4 is 14.8 Å². The van der Waals surface area contributed by atoms with Gasteiger partial charge in [0.15, 0.2) is 11.5 Å². The number of ether oxygens (including phenoxy) is 2. The fraction of sp³-hybridized carbons (Fsp3) is 0.184.